The lowest BCUT2D eigenvalue weighted by molar-refractivity contribution is 0.0954. The molecule has 0 bridgehead atoms. The van der Waals surface area contributed by atoms with E-state index in [1.807, 2.05) is 0 Å². The molecule has 104 valence electrons. The zero-order valence-corrected chi connectivity index (χ0v) is 11.3. The summed E-state index contributed by atoms with van der Waals surface area (Å²) in [6.45, 7) is 0.304. The summed E-state index contributed by atoms with van der Waals surface area (Å²) in [5.41, 5.74) is 6.31. The molecule has 1 heterocycles. The van der Waals surface area contributed by atoms with E-state index in [2.05, 4.69) is 10.3 Å². The molecule has 0 fully saturated rings. The molecule has 6 heteroatoms. The first-order valence-corrected chi connectivity index (χ1v) is 6.38. The molecule has 3 N–H and O–H groups in total. The van der Waals surface area contributed by atoms with E-state index < -0.39 is 0 Å². The van der Waals surface area contributed by atoms with Crippen molar-refractivity contribution in [2.24, 2.45) is 0 Å². The van der Waals surface area contributed by atoms with E-state index in [-0.39, 0.29) is 28.1 Å². The van der Waals surface area contributed by atoms with E-state index in [1.165, 1.54) is 18.3 Å². The molecule has 0 aliphatic rings. The third-order valence-electron chi connectivity index (χ3n) is 2.76. The van der Waals surface area contributed by atoms with Crippen LogP contribution in [-0.4, -0.2) is 17.4 Å². The SMILES string of the molecule is Nc1cc(C(=O)NCCc2ccccc2F)c(Cl)cn1. The fourth-order valence-electron chi connectivity index (χ4n) is 1.74. The predicted molar refractivity (Wildman–Crippen MR) is 76.1 cm³/mol. The van der Waals surface area contributed by atoms with Gasteiger partial charge in [-0.25, -0.2) is 9.37 Å². The summed E-state index contributed by atoms with van der Waals surface area (Å²) in [5, 5.41) is 2.89. The van der Waals surface area contributed by atoms with Crippen molar-refractivity contribution >= 4 is 23.3 Å². The van der Waals surface area contributed by atoms with Crippen LogP contribution in [0, 0.1) is 5.82 Å². The van der Waals surface area contributed by atoms with Crippen molar-refractivity contribution in [3.8, 4) is 0 Å². The number of halogens is 2. The fraction of sp³-hybridized carbons (Fsp3) is 0.143. The van der Waals surface area contributed by atoms with Gasteiger partial charge in [0.25, 0.3) is 5.91 Å². The van der Waals surface area contributed by atoms with Gasteiger partial charge in [0.15, 0.2) is 0 Å². The van der Waals surface area contributed by atoms with Gasteiger partial charge in [-0.2, -0.15) is 0 Å². The number of amides is 1. The molecule has 0 aliphatic heterocycles. The lowest BCUT2D eigenvalue weighted by atomic mass is 10.1. The van der Waals surface area contributed by atoms with Gasteiger partial charge < -0.3 is 11.1 Å². The molecule has 0 unspecified atom stereocenters. The summed E-state index contributed by atoms with van der Waals surface area (Å²) in [6, 6.07) is 7.84. The van der Waals surface area contributed by atoms with Crippen LogP contribution in [0.5, 0.6) is 0 Å². The Balaban J connectivity index is 1.96. The number of nitrogen functional groups attached to an aromatic ring is 1. The van der Waals surface area contributed by atoms with Crippen molar-refractivity contribution in [2.45, 2.75) is 6.42 Å². The maximum atomic E-state index is 13.4. The lowest BCUT2D eigenvalue weighted by Crippen LogP contribution is -2.26. The molecule has 0 saturated carbocycles. The fourth-order valence-corrected chi connectivity index (χ4v) is 1.93. The Hall–Kier alpha value is -2.14. The van der Waals surface area contributed by atoms with Crippen molar-refractivity contribution in [3.05, 3.63) is 58.5 Å². The third kappa shape index (κ3) is 3.45. The highest BCUT2D eigenvalue weighted by Gasteiger charge is 2.11. The molecule has 0 atom stereocenters. The Labute approximate surface area is 120 Å². The van der Waals surface area contributed by atoms with Gasteiger partial charge in [-0.1, -0.05) is 29.8 Å². The Morgan fingerprint density at radius 1 is 1.40 bits per heavy atom. The second kappa shape index (κ2) is 6.34. The molecule has 1 aromatic heterocycles. The Morgan fingerprint density at radius 2 is 2.15 bits per heavy atom. The number of aromatic nitrogens is 1. The van der Waals surface area contributed by atoms with Gasteiger partial charge >= 0.3 is 0 Å². The van der Waals surface area contributed by atoms with Crippen molar-refractivity contribution in [1.82, 2.24) is 10.3 Å². The van der Waals surface area contributed by atoms with E-state index in [0.717, 1.165) is 0 Å². The zero-order chi connectivity index (χ0) is 14.5. The Kier molecular flexibility index (Phi) is 4.53. The normalized spacial score (nSPS) is 10.3. The topological polar surface area (TPSA) is 68.0 Å². The molecule has 4 nitrogen and oxygen atoms in total. The van der Waals surface area contributed by atoms with Crippen LogP contribution in [0.1, 0.15) is 15.9 Å². The highest BCUT2D eigenvalue weighted by atomic mass is 35.5. The number of nitrogens with two attached hydrogens (primary N) is 1. The number of hydrogen-bond acceptors (Lipinski definition) is 3. The van der Waals surface area contributed by atoms with Gasteiger partial charge in [0, 0.05) is 12.7 Å². The average Bonchev–Trinajstić information content (AvgIpc) is 2.43. The monoisotopic (exact) mass is 293 g/mol. The lowest BCUT2D eigenvalue weighted by Gasteiger charge is -2.07. The molecular formula is C14H13ClFN3O. The number of nitrogens with zero attached hydrogens (tertiary/aromatic N) is 1. The van der Waals surface area contributed by atoms with Gasteiger partial charge in [-0.15, -0.1) is 0 Å². The maximum absolute atomic E-state index is 13.4. The molecule has 1 aromatic carbocycles. The summed E-state index contributed by atoms with van der Waals surface area (Å²) in [7, 11) is 0. The number of pyridine rings is 1. The first-order valence-electron chi connectivity index (χ1n) is 6.00. The minimum absolute atomic E-state index is 0.216. The van der Waals surface area contributed by atoms with Gasteiger partial charge in [0.05, 0.1) is 10.6 Å². The number of anilines is 1. The second-order valence-electron chi connectivity index (χ2n) is 4.19. The molecule has 0 radical (unpaired) electrons. The van der Waals surface area contributed by atoms with Crippen LogP contribution in [0.15, 0.2) is 36.5 Å². The smallest absolute Gasteiger partial charge is 0.253 e. The van der Waals surface area contributed by atoms with Crippen molar-refractivity contribution in [2.75, 3.05) is 12.3 Å². The van der Waals surface area contributed by atoms with Crippen LogP contribution < -0.4 is 11.1 Å². The number of rotatable bonds is 4. The number of nitrogens with one attached hydrogen (secondary N) is 1. The zero-order valence-electron chi connectivity index (χ0n) is 10.6. The molecule has 2 aromatic rings. The standard InChI is InChI=1S/C14H13ClFN3O/c15-11-8-19-13(17)7-10(11)14(20)18-6-5-9-3-1-2-4-12(9)16/h1-4,7-8H,5-6H2,(H2,17,19)(H,18,20). The maximum Gasteiger partial charge on any atom is 0.253 e. The van der Waals surface area contributed by atoms with E-state index >= 15 is 0 Å². The first kappa shape index (κ1) is 14.3. The number of carbonyl (C=O) groups is 1. The van der Waals surface area contributed by atoms with Gasteiger partial charge in [0.1, 0.15) is 11.6 Å². The average molecular weight is 294 g/mol. The summed E-state index contributed by atoms with van der Waals surface area (Å²) in [6.07, 6.45) is 1.72. The van der Waals surface area contributed by atoms with Crippen LogP contribution in [-0.2, 0) is 6.42 Å². The summed E-state index contributed by atoms with van der Waals surface area (Å²) in [4.78, 5) is 15.7. The molecule has 2 rings (SSSR count). The van der Waals surface area contributed by atoms with E-state index in [4.69, 9.17) is 17.3 Å². The van der Waals surface area contributed by atoms with E-state index in [9.17, 15) is 9.18 Å². The predicted octanol–water partition coefficient (Wildman–Crippen LogP) is 2.43. The van der Waals surface area contributed by atoms with Crippen LogP contribution in [0.2, 0.25) is 5.02 Å². The number of carbonyl (C=O) groups excluding carboxylic acids is 1. The summed E-state index contributed by atoms with van der Waals surface area (Å²) in [5.74, 6) is -0.429. The highest BCUT2D eigenvalue weighted by Crippen LogP contribution is 2.16. The van der Waals surface area contributed by atoms with Crippen LogP contribution in [0.3, 0.4) is 0 Å². The summed E-state index contributed by atoms with van der Waals surface area (Å²) >= 11 is 5.87. The van der Waals surface area contributed by atoms with Gasteiger partial charge in [-0.05, 0) is 24.1 Å². The minimum atomic E-state index is -0.361. The van der Waals surface area contributed by atoms with Crippen LogP contribution in [0.4, 0.5) is 10.2 Å². The Morgan fingerprint density at radius 3 is 2.90 bits per heavy atom. The third-order valence-corrected chi connectivity index (χ3v) is 3.06. The number of benzene rings is 1. The van der Waals surface area contributed by atoms with E-state index in [1.54, 1.807) is 18.2 Å². The molecule has 0 saturated heterocycles. The molecule has 0 spiro atoms. The van der Waals surface area contributed by atoms with E-state index in [0.29, 0.717) is 18.5 Å². The van der Waals surface area contributed by atoms with Crippen molar-refractivity contribution in [1.29, 1.82) is 0 Å². The second-order valence-corrected chi connectivity index (χ2v) is 4.59. The molecule has 1 amide bonds. The van der Waals surface area contributed by atoms with Crippen LogP contribution in [0.25, 0.3) is 0 Å². The van der Waals surface area contributed by atoms with Crippen LogP contribution >= 0.6 is 11.6 Å². The van der Waals surface area contributed by atoms with Gasteiger partial charge in [0.2, 0.25) is 0 Å². The number of hydrogen-bond donors (Lipinski definition) is 2. The van der Waals surface area contributed by atoms with Crippen molar-refractivity contribution < 1.29 is 9.18 Å². The van der Waals surface area contributed by atoms with Gasteiger partial charge in [-0.3, -0.25) is 4.79 Å². The summed E-state index contributed by atoms with van der Waals surface area (Å²) < 4.78 is 13.4. The quantitative estimate of drug-likeness (QED) is 0.910. The molecule has 20 heavy (non-hydrogen) atoms. The largest absolute Gasteiger partial charge is 0.384 e. The first-order chi connectivity index (χ1) is 9.58. The molecular weight excluding hydrogens is 281 g/mol. The Bertz CT molecular complexity index is 634. The highest BCUT2D eigenvalue weighted by molar-refractivity contribution is 6.33. The molecule has 0 aliphatic carbocycles. The van der Waals surface area contributed by atoms with Crippen molar-refractivity contribution in [3.63, 3.8) is 0 Å². The minimum Gasteiger partial charge on any atom is -0.384 e.